The van der Waals surface area contributed by atoms with E-state index in [2.05, 4.69) is 6.92 Å². The van der Waals surface area contributed by atoms with Crippen molar-refractivity contribution in [2.45, 2.75) is 64.7 Å². The molecule has 0 spiro atoms. The number of rotatable bonds is 7. The number of hydrogen-bond acceptors (Lipinski definition) is 1. The molecule has 0 atom stereocenters. The smallest absolute Gasteiger partial charge is 0.177 e. The Bertz CT molecular complexity index is 812. The topological polar surface area (TPSA) is 23.8 Å². The largest absolute Gasteiger partial charge is 0.203 e. The summed E-state index contributed by atoms with van der Waals surface area (Å²) in [7, 11) is 0. The minimum atomic E-state index is -1.07. The van der Waals surface area contributed by atoms with E-state index < -0.39 is 11.6 Å². The summed E-state index contributed by atoms with van der Waals surface area (Å²) in [5.41, 5.74) is 1.82. The summed E-state index contributed by atoms with van der Waals surface area (Å²) in [4.78, 5) is 0. The molecule has 0 N–H and O–H groups in total. The van der Waals surface area contributed by atoms with Gasteiger partial charge in [0.15, 0.2) is 11.6 Å². The molecule has 1 aliphatic carbocycles. The van der Waals surface area contributed by atoms with Crippen LogP contribution in [0.4, 0.5) is 8.78 Å². The molecule has 1 saturated carbocycles. The normalized spacial score (nSPS) is 19.4. The predicted octanol–water partition coefficient (Wildman–Crippen LogP) is 7.43. The van der Waals surface area contributed by atoms with Crippen LogP contribution in [0, 0.1) is 34.8 Å². The summed E-state index contributed by atoms with van der Waals surface area (Å²) in [6.07, 6.45) is 11.8. The summed E-state index contributed by atoms with van der Waals surface area (Å²) < 4.78 is 28.1. The monoisotopic (exact) mass is 381 g/mol. The van der Waals surface area contributed by atoms with Crippen LogP contribution >= 0.6 is 0 Å². The van der Waals surface area contributed by atoms with Gasteiger partial charge in [-0.15, -0.1) is 0 Å². The van der Waals surface area contributed by atoms with Crippen LogP contribution in [-0.2, 0) is 6.42 Å². The molecule has 0 amide bonds. The van der Waals surface area contributed by atoms with Gasteiger partial charge in [-0.3, -0.25) is 0 Å². The SMILES string of the molecule is CCCCC1CCC(CCc2ccc(-c3ccc(C#N)c(F)c3F)cc2)CC1. The van der Waals surface area contributed by atoms with E-state index in [4.69, 9.17) is 5.26 Å². The summed E-state index contributed by atoms with van der Waals surface area (Å²) in [5, 5.41) is 8.80. The number of nitriles is 1. The van der Waals surface area contributed by atoms with Crippen molar-refractivity contribution in [3.8, 4) is 17.2 Å². The molecule has 0 aliphatic heterocycles. The molecule has 1 aliphatic rings. The molecule has 0 aromatic heterocycles. The number of benzene rings is 2. The lowest BCUT2D eigenvalue weighted by Gasteiger charge is -2.28. The molecule has 1 nitrogen and oxygen atoms in total. The van der Waals surface area contributed by atoms with Gasteiger partial charge >= 0.3 is 0 Å². The second-order valence-electron chi connectivity index (χ2n) is 8.17. The highest BCUT2D eigenvalue weighted by atomic mass is 19.2. The van der Waals surface area contributed by atoms with Gasteiger partial charge in [-0.1, -0.05) is 76.1 Å². The molecule has 3 heteroatoms. The van der Waals surface area contributed by atoms with Gasteiger partial charge in [0.25, 0.3) is 0 Å². The first kappa shape index (κ1) is 20.5. The van der Waals surface area contributed by atoms with Crippen LogP contribution < -0.4 is 0 Å². The fourth-order valence-corrected chi connectivity index (χ4v) is 4.38. The minimum Gasteiger partial charge on any atom is -0.203 e. The number of hydrogen-bond donors (Lipinski definition) is 0. The van der Waals surface area contributed by atoms with E-state index in [0.717, 1.165) is 18.3 Å². The van der Waals surface area contributed by atoms with Crippen molar-refractivity contribution in [3.05, 3.63) is 59.2 Å². The van der Waals surface area contributed by atoms with Crippen molar-refractivity contribution in [1.82, 2.24) is 0 Å². The fourth-order valence-electron chi connectivity index (χ4n) is 4.38. The molecular weight excluding hydrogens is 352 g/mol. The third-order valence-electron chi connectivity index (χ3n) is 6.24. The lowest BCUT2D eigenvalue weighted by atomic mass is 9.78. The van der Waals surface area contributed by atoms with Gasteiger partial charge in [-0.25, -0.2) is 8.78 Å². The van der Waals surface area contributed by atoms with Gasteiger partial charge in [0.1, 0.15) is 6.07 Å². The Balaban J connectivity index is 1.55. The summed E-state index contributed by atoms with van der Waals surface area (Å²) in [6.45, 7) is 2.27. The molecule has 2 aromatic rings. The van der Waals surface area contributed by atoms with Gasteiger partial charge in [-0.2, -0.15) is 5.26 Å². The Labute approximate surface area is 167 Å². The summed E-state index contributed by atoms with van der Waals surface area (Å²) in [6, 6.07) is 12.2. The van der Waals surface area contributed by atoms with Crippen LogP contribution in [0.5, 0.6) is 0 Å². The first-order valence-corrected chi connectivity index (χ1v) is 10.6. The Kier molecular flexibility index (Phi) is 7.20. The lowest BCUT2D eigenvalue weighted by molar-refractivity contribution is 0.250. The quantitative estimate of drug-likeness (QED) is 0.489. The van der Waals surface area contributed by atoms with Crippen molar-refractivity contribution >= 4 is 0 Å². The van der Waals surface area contributed by atoms with Crippen LogP contribution in [0.25, 0.3) is 11.1 Å². The maximum Gasteiger partial charge on any atom is 0.177 e. The van der Waals surface area contributed by atoms with Gasteiger partial charge in [-0.05, 0) is 47.9 Å². The molecule has 1 fully saturated rings. The van der Waals surface area contributed by atoms with E-state index >= 15 is 0 Å². The maximum absolute atomic E-state index is 14.2. The number of halogens is 2. The fraction of sp³-hybridized carbons (Fsp3) is 0.480. The van der Waals surface area contributed by atoms with E-state index in [-0.39, 0.29) is 11.1 Å². The van der Waals surface area contributed by atoms with Crippen molar-refractivity contribution in [1.29, 1.82) is 5.26 Å². The highest BCUT2D eigenvalue weighted by Gasteiger charge is 2.20. The lowest BCUT2D eigenvalue weighted by Crippen LogP contribution is -2.15. The average Bonchev–Trinajstić information content (AvgIpc) is 2.74. The number of unbranched alkanes of at least 4 members (excludes halogenated alkanes) is 1. The number of nitrogens with zero attached hydrogens (tertiary/aromatic N) is 1. The Morgan fingerprint density at radius 2 is 1.54 bits per heavy atom. The van der Waals surface area contributed by atoms with Crippen molar-refractivity contribution in [2.24, 2.45) is 11.8 Å². The van der Waals surface area contributed by atoms with E-state index in [1.165, 1.54) is 69.1 Å². The van der Waals surface area contributed by atoms with E-state index in [1.807, 2.05) is 24.3 Å². The molecule has 2 aromatic carbocycles. The average molecular weight is 382 g/mol. The highest BCUT2D eigenvalue weighted by Crippen LogP contribution is 2.34. The maximum atomic E-state index is 14.2. The van der Waals surface area contributed by atoms with Gasteiger partial charge in [0.2, 0.25) is 0 Å². The van der Waals surface area contributed by atoms with Crippen molar-refractivity contribution in [2.75, 3.05) is 0 Å². The number of aryl methyl sites for hydroxylation is 1. The third-order valence-corrected chi connectivity index (χ3v) is 6.24. The third kappa shape index (κ3) is 4.98. The van der Waals surface area contributed by atoms with Gasteiger partial charge in [0, 0.05) is 5.56 Å². The highest BCUT2D eigenvalue weighted by molar-refractivity contribution is 5.65. The van der Waals surface area contributed by atoms with Gasteiger partial charge < -0.3 is 0 Å². The van der Waals surface area contributed by atoms with E-state index in [0.29, 0.717) is 5.56 Å². The van der Waals surface area contributed by atoms with Crippen LogP contribution in [-0.4, -0.2) is 0 Å². The molecular formula is C25H29F2N. The zero-order chi connectivity index (χ0) is 19.9. The minimum absolute atomic E-state index is 0.202. The van der Waals surface area contributed by atoms with Crippen molar-refractivity contribution < 1.29 is 8.78 Å². The zero-order valence-electron chi connectivity index (χ0n) is 16.7. The second-order valence-corrected chi connectivity index (χ2v) is 8.17. The molecule has 148 valence electrons. The van der Waals surface area contributed by atoms with E-state index in [1.54, 1.807) is 6.07 Å². The second kappa shape index (κ2) is 9.82. The molecule has 3 rings (SSSR count). The first-order chi connectivity index (χ1) is 13.6. The van der Waals surface area contributed by atoms with Crippen LogP contribution in [0.3, 0.4) is 0 Å². The summed E-state index contributed by atoms with van der Waals surface area (Å²) >= 11 is 0. The zero-order valence-corrected chi connectivity index (χ0v) is 16.7. The molecule has 0 unspecified atom stereocenters. The van der Waals surface area contributed by atoms with E-state index in [9.17, 15) is 8.78 Å². The predicted molar refractivity (Wildman–Crippen MR) is 110 cm³/mol. The Morgan fingerprint density at radius 1 is 0.893 bits per heavy atom. The van der Waals surface area contributed by atoms with Crippen molar-refractivity contribution in [3.63, 3.8) is 0 Å². The molecule has 0 saturated heterocycles. The molecule has 28 heavy (non-hydrogen) atoms. The Morgan fingerprint density at radius 3 is 2.14 bits per heavy atom. The first-order valence-electron chi connectivity index (χ1n) is 10.6. The molecule has 0 bridgehead atoms. The van der Waals surface area contributed by atoms with Crippen LogP contribution in [0.15, 0.2) is 36.4 Å². The molecule has 0 radical (unpaired) electrons. The molecule has 0 heterocycles. The van der Waals surface area contributed by atoms with Gasteiger partial charge in [0.05, 0.1) is 5.56 Å². The Hall–Kier alpha value is -2.21. The summed E-state index contributed by atoms with van der Waals surface area (Å²) in [5.74, 6) is -0.258. The standard InChI is InChI=1S/C25H29F2N/c1-2-3-4-18-5-7-19(8-6-18)9-10-20-11-13-21(14-12-20)23-16-15-22(17-28)24(26)25(23)27/h11-16,18-19H,2-10H2,1H3. The van der Waals surface area contributed by atoms with Crippen LogP contribution in [0.1, 0.15) is 69.4 Å². The van der Waals surface area contributed by atoms with Crippen LogP contribution in [0.2, 0.25) is 0 Å².